The number of halogens is 2. The van der Waals surface area contributed by atoms with E-state index < -0.39 is 17.9 Å². The number of benzene rings is 1. The number of likely N-dealkylation sites (tertiary alicyclic amines) is 1. The predicted molar refractivity (Wildman–Crippen MR) is 99.3 cm³/mol. The van der Waals surface area contributed by atoms with Crippen LogP contribution >= 0.6 is 0 Å². The van der Waals surface area contributed by atoms with Crippen LogP contribution < -0.4 is 5.32 Å². The first kappa shape index (κ1) is 17.7. The third kappa shape index (κ3) is 2.73. The summed E-state index contributed by atoms with van der Waals surface area (Å²) in [4.78, 5) is 25.9. The molecule has 0 aromatic heterocycles. The predicted octanol–water partition coefficient (Wildman–Crippen LogP) is 3.51. The highest BCUT2D eigenvalue weighted by atomic mass is 19.1. The molecule has 3 unspecified atom stereocenters. The second kappa shape index (κ2) is 6.34. The molecule has 6 rings (SSSR count). The molecule has 6 heteroatoms. The van der Waals surface area contributed by atoms with Crippen molar-refractivity contribution in [3.63, 3.8) is 0 Å². The maximum Gasteiger partial charge on any atom is 0.257 e. The molecule has 1 aromatic rings. The third-order valence-corrected chi connectivity index (χ3v) is 6.25. The molecule has 0 radical (unpaired) electrons. The highest BCUT2D eigenvalue weighted by Gasteiger charge is 2.62. The van der Waals surface area contributed by atoms with Gasteiger partial charge in [0.2, 0.25) is 5.91 Å². The third-order valence-electron chi connectivity index (χ3n) is 6.25. The van der Waals surface area contributed by atoms with Crippen molar-refractivity contribution in [3.8, 4) is 0 Å². The normalized spacial score (nSPS) is 33.2. The fourth-order valence-electron chi connectivity index (χ4n) is 4.45. The van der Waals surface area contributed by atoms with Gasteiger partial charge >= 0.3 is 0 Å². The quantitative estimate of drug-likeness (QED) is 0.627. The van der Waals surface area contributed by atoms with Crippen LogP contribution in [0.4, 0.5) is 8.78 Å². The smallest absolute Gasteiger partial charge is 0.257 e. The topological polar surface area (TPSA) is 49.4 Å². The van der Waals surface area contributed by atoms with Gasteiger partial charge in [0.15, 0.2) is 6.30 Å². The standard InChI is InChI=1S/C14H14FNO2.C8H8FN/c15-14(8-3-4-8)7-1-2-10-11(14)13(18)16(12(10)17)9-5-6-9;9-8-7-4-2-1-3-6(7)5-10-8/h1-2,7-9,11H,3-6H2;1-4,8,10H,5H2. The van der Waals surface area contributed by atoms with Crippen molar-refractivity contribution in [2.45, 2.75) is 50.2 Å². The molecule has 3 aliphatic carbocycles. The number of nitrogens with one attached hydrogen (secondary N) is 1. The van der Waals surface area contributed by atoms with Gasteiger partial charge in [-0.15, -0.1) is 0 Å². The molecule has 146 valence electrons. The highest BCUT2D eigenvalue weighted by molar-refractivity contribution is 6.16. The van der Waals surface area contributed by atoms with Crippen LogP contribution in [0.2, 0.25) is 0 Å². The van der Waals surface area contributed by atoms with E-state index in [-0.39, 0.29) is 23.8 Å². The van der Waals surface area contributed by atoms with Crippen LogP contribution in [-0.2, 0) is 16.1 Å². The second-order valence-electron chi connectivity index (χ2n) is 8.20. The van der Waals surface area contributed by atoms with Gasteiger partial charge in [-0.1, -0.05) is 36.4 Å². The zero-order valence-electron chi connectivity index (χ0n) is 15.4. The molecule has 2 heterocycles. The number of carbonyl (C=O) groups is 2. The fourth-order valence-corrected chi connectivity index (χ4v) is 4.45. The average Bonchev–Trinajstić information content (AvgIpc) is 3.61. The molecular weight excluding hydrogens is 362 g/mol. The summed E-state index contributed by atoms with van der Waals surface area (Å²) in [6.07, 6.45) is 7.13. The van der Waals surface area contributed by atoms with Crippen molar-refractivity contribution >= 4 is 11.8 Å². The fraction of sp³-hybridized carbons (Fsp3) is 0.455. The molecule has 2 aliphatic heterocycles. The van der Waals surface area contributed by atoms with Crippen LogP contribution in [0.3, 0.4) is 0 Å². The van der Waals surface area contributed by atoms with Gasteiger partial charge < -0.3 is 0 Å². The van der Waals surface area contributed by atoms with E-state index in [4.69, 9.17) is 0 Å². The summed E-state index contributed by atoms with van der Waals surface area (Å²) in [6, 6.07) is 7.58. The number of carbonyl (C=O) groups excluding carboxylic acids is 2. The minimum absolute atomic E-state index is 0.0277. The van der Waals surface area contributed by atoms with Crippen molar-refractivity contribution < 1.29 is 18.4 Å². The highest BCUT2D eigenvalue weighted by Crippen LogP contribution is 2.54. The summed E-state index contributed by atoms with van der Waals surface area (Å²) in [5.41, 5.74) is 0.613. The molecule has 3 fully saturated rings. The molecule has 4 nitrogen and oxygen atoms in total. The van der Waals surface area contributed by atoms with E-state index in [0.717, 1.165) is 36.8 Å². The van der Waals surface area contributed by atoms with Gasteiger partial charge in [-0.2, -0.15) is 0 Å². The van der Waals surface area contributed by atoms with Gasteiger partial charge in [0.1, 0.15) is 11.6 Å². The van der Waals surface area contributed by atoms with E-state index in [2.05, 4.69) is 5.32 Å². The number of rotatable bonds is 2. The Morgan fingerprint density at radius 1 is 1.11 bits per heavy atom. The van der Waals surface area contributed by atoms with E-state index in [1.807, 2.05) is 24.3 Å². The van der Waals surface area contributed by atoms with Gasteiger partial charge in [-0.3, -0.25) is 19.8 Å². The SMILES string of the molecule is FC1NCc2ccccc21.O=C1C2=CC=CC(F)(C3CC3)C2C(=O)N1C1CC1. The van der Waals surface area contributed by atoms with Crippen LogP contribution in [0, 0.1) is 11.8 Å². The molecule has 5 aliphatic rings. The van der Waals surface area contributed by atoms with Gasteiger partial charge in [-0.05, 0) is 43.2 Å². The largest absolute Gasteiger partial charge is 0.280 e. The van der Waals surface area contributed by atoms with Gasteiger partial charge in [-0.25, -0.2) is 8.78 Å². The van der Waals surface area contributed by atoms with Gasteiger partial charge in [0.25, 0.3) is 5.91 Å². The Balaban J connectivity index is 0.000000145. The molecule has 0 bridgehead atoms. The molecule has 0 spiro atoms. The summed E-state index contributed by atoms with van der Waals surface area (Å²) in [5, 5.41) is 2.72. The van der Waals surface area contributed by atoms with Crippen molar-refractivity contribution in [1.29, 1.82) is 0 Å². The van der Waals surface area contributed by atoms with Crippen molar-refractivity contribution in [1.82, 2.24) is 10.2 Å². The Morgan fingerprint density at radius 3 is 2.54 bits per heavy atom. The Hall–Kier alpha value is -2.34. The maximum atomic E-state index is 15.1. The van der Waals surface area contributed by atoms with Crippen LogP contribution in [0.15, 0.2) is 48.1 Å². The Morgan fingerprint density at radius 2 is 1.86 bits per heavy atom. The van der Waals surface area contributed by atoms with Gasteiger partial charge in [0, 0.05) is 23.7 Å². The lowest BCUT2D eigenvalue weighted by Crippen LogP contribution is -2.41. The lowest BCUT2D eigenvalue weighted by atomic mass is 9.78. The van der Waals surface area contributed by atoms with Crippen molar-refractivity contribution in [3.05, 3.63) is 59.2 Å². The van der Waals surface area contributed by atoms with Crippen molar-refractivity contribution in [2.75, 3.05) is 0 Å². The molecule has 1 saturated heterocycles. The van der Waals surface area contributed by atoms with E-state index in [1.165, 1.54) is 11.0 Å². The zero-order chi connectivity index (χ0) is 19.5. The van der Waals surface area contributed by atoms with E-state index in [9.17, 15) is 14.0 Å². The van der Waals surface area contributed by atoms with Gasteiger partial charge in [0.05, 0.1) is 0 Å². The summed E-state index contributed by atoms with van der Waals surface area (Å²) in [5.74, 6) is -1.53. The van der Waals surface area contributed by atoms with Crippen molar-refractivity contribution in [2.24, 2.45) is 11.8 Å². The molecule has 28 heavy (non-hydrogen) atoms. The maximum absolute atomic E-state index is 15.1. The number of amides is 2. The lowest BCUT2D eigenvalue weighted by Gasteiger charge is -2.29. The summed E-state index contributed by atoms with van der Waals surface area (Å²) in [7, 11) is 0. The number of alkyl halides is 2. The number of hydrogen-bond acceptors (Lipinski definition) is 3. The second-order valence-corrected chi connectivity index (χ2v) is 8.20. The van der Waals surface area contributed by atoms with Crippen LogP contribution in [0.5, 0.6) is 0 Å². The Labute approximate surface area is 162 Å². The molecule has 2 saturated carbocycles. The molecule has 2 amide bonds. The monoisotopic (exact) mass is 384 g/mol. The summed E-state index contributed by atoms with van der Waals surface area (Å²) in [6.45, 7) is 0.664. The molecular formula is C22H22F2N2O2. The molecule has 1 aromatic carbocycles. The number of allylic oxidation sites excluding steroid dienone is 3. The van der Waals surface area contributed by atoms with E-state index in [1.54, 1.807) is 12.2 Å². The minimum atomic E-state index is -1.62. The first-order valence-electron chi connectivity index (χ1n) is 9.91. The number of hydrogen-bond donors (Lipinski definition) is 1. The first-order valence-corrected chi connectivity index (χ1v) is 9.91. The minimum Gasteiger partial charge on any atom is -0.280 e. The first-order chi connectivity index (χ1) is 13.5. The zero-order valence-corrected chi connectivity index (χ0v) is 15.4. The van der Waals surface area contributed by atoms with E-state index in [0.29, 0.717) is 12.1 Å². The number of nitrogens with zero attached hydrogens (tertiary/aromatic N) is 1. The van der Waals surface area contributed by atoms with Crippen LogP contribution in [-0.4, -0.2) is 28.4 Å². The Kier molecular flexibility index (Phi) is 4.02. The number of imide groups is 1. The molecule has 1 N–H and O–H groups in total. The molecule has 3 atom stereocenters. The summed E-state index contributed by atoms with van der Waals surface area (Å²) < 4.78 is 27.9. The Bertz CT molecular complexity index is 904. The van der Waals surface area contributed by atoms with Crippen LogP contribution in [0.1, 0.15) is 43.1 Å². The number of fused-ring (bicyclic) bond motifs is 2. The lowest BCUT2D eigenvalue weighted by molar-refractivity contribution is -0.141. The van der Waals surface area contributed by atoms with Crippen LogP contribution in [0.25, 0.3) is 0 Å². The van der Waals surface area contributed by atoms with E-state index >= 15 is 4.39 Å². The summed E-state index contributed by atoms with van der Waals surface area (Å²) >= 11 is 0. The average molecular weight is 384 g/mol.